The van der Waals surface area contributed by atoms with Gasteiger partial charge in [-0.05, 0) is 24.2 Å². The highest BCUT2D eigenvalue weighted by Gasteiger charge is 2.46. The smallest absolute Gasteiger partial charge is 0.158 e. The van der Waals surface area contributed by atoms with Crippen LogP contribution in [0.2, 0.25) is 0 Å². The van der Waals surface area contributed by atoms with Gasteiger partial charge in [-0.25, -0.2) is 4.98 Å². The van der Waals surface area contributed by atoms with Gasteiger partial charge in [0, 0.05) is 25.9 Å². The Morgan fingerprint density at radius 2 is 2.05 bits per heavy atom. The Morgan fingerprint density at radius 3 is 2.62 bits per heavy atom. The number of imidazole rings is 1. The molecule has 4 nitrogen and oxygen atoms in total. The summed E-state index contributed by atoms with van der Waals surface area (Å²) in [6.45, 7) is 7.92. The lowest BCUT2D eigenvalue weighted by molar-refractivity contribution is 0.491. The van der Waals surface area contributed by atoms with Gasteiger partial charge in [0.1, 0.15) is 11.3 Å². The lowest BCUT2D eigenvalue weighted by Gasteiger charge is -2.10. The first kappa shape index (κ1) is 14.9. The molecule has 0 bridgehead atoms. The van der Waals surface area contributed by atoms with Gasteiger partial charge in [-0.1, -0.05) is 27.2 Å². The van der Waals surface area contributed by atoms with Crippen molar-refractivity contribution in [2.24, 2.45) is 18.4 Å². The largest absolute Gasteiger partial charge is 0.313 e. The van der Waals surface area contributed by atoms with Crippen LogP contribution in [0.4, 0.5) is 0 Å². The molecular weight excluding hydrogens is 284 g/mol. The number of hydrogen-bond donors (Lipinski definition) is 0. The Balaban J connectivity index is 2.04. The fraction of sp³-hybridized carbons (Fsp3) is 0.750. The molecule has 2 aromatic rings. The van der Waals surface area contributed by atoms with Gasteiger partial charge < -0.3 is 4.57 Å². The van der Waals surface area contributed by atoms with Gasteiger partial charge in [-0.15, -0.1) is 11.6 Å². The molecule has 1 fully saturated rings. The third kappa shape index (κ3) is 2.59. The van der Waals surface area contributed by atoms with Gasteiger partial charge in [0.2, 0.25) is 0 Å². The number of alkyl halides is 1. The molecule has 2 heterocycles. The van der Waals surface area contributed by atoms with Crippen LogP contribution in [0.5, 0.6) is 0 Å². The summed E-state index contributed by atoms with van der Waals surface area (Å²) in [5.74, 6) is 2.48. The molecule has 0 aromatic carbocycles. The van der Waals surface area contributed by atoms with Crippen LogP contribution in [0.3, 0.4) is 0 Å². The topological polar surface area (TPSA) is 35.6 Å². The molecule has 5 heteroatoms. The van der Waals surface area contributed by atoms with Gasteiger partial charge in [0.05, 0.1) is 5.69 Å². The van der Waals surface area contributed by atoms with Gasteiger partial charge in [-0.2, -0.15) is 5.10 Å². The van der Waals surface area contributed by atoms with Crippen molar-refractivity contribution in [3.05, 3.63) is 11.5 Å². The van der Waals surface area contributed by atoms with E-state index < -0.39 is 0 Å². The molecule has 116 valence electrons. The molecule has 1 aliphatic carbocycles. The quantitative estimate of drug-likeness (QED) is 0.765. The molecule has 1 atom stereocenters. The van der Waals surface area contributed by atoms with E-state index in [4.69, 9.17) is 16.6 Å². The fourth-order valence-electron chi connectivity index (χ4n) is 3.27. The number of rotatable bonds is 6. The average molecular weight is 309 g/mol. The minimum absolute atomic E-state index is 0.472. The number of aryl methyl sites for hydroxylation is 3. The van der Waals surface area contributed by atoms with Crippen molar-refractivity contribution >= 4 is 22.8 Å². The predicted octanol–water partition coefficient (Wildman–Crippen LogP) is 3.55. The van der Waals surface area contributed by atoms with Crippen molar-refractivity contribution in [1.82, 2.24) is 19.3 Å². The minimum Gasteiger partial charge on any atom is -0.313 e. The fourth-order valence-corrected chi connectivity index (χ4v) is 3.44. The second kappa shape index (κ2) is 5.31. The van der Waals surface area contributed by atoms with Crippen LogP contribution in [0.15, 0.2) is 0 Å². The Labute approximate surface area is 131 Å². The monoisotopic (exact) mass is 308 g/mol. The normalized spacial score (nSPS) is 20.3. The summed E-state index contributed by atoms with van der Waals surface area (Å²) < 4.78 is 4.36. The third-order valence-electron chi connectivity index (χ3n) is 4.80. The molecule has 0 amide bonds. The van der Waals surface area contributed by atoms with Crippen molar-refractivity contribution in [2.75, 3.05) is 5.88 Å². The molecule has 3 rings (SSSR count). The highest BCUT2D eigenvalue weighted by molar-refractivity contribution is 6.17. The van der Waals surface area contributed by atoms with E-state index in [1.165, 1.54) is 12.1 Å². The van der Waals surface area contributed by atoms with Crippen LogP contribution in [0, 0.1) is 11.3 Å². The van der Waals surface area contributed by atoms with Crippen LogP contribution in [-0.4, -0.2) is 25.2 Å². The first-order valence-electron chi connectivity index (χ1n) is 7.95. The lowest BCUT2D eigenvalue weighted by Crippen LogP contribution is -2.11. The van der Waals surface area contributed by atoms with Crippen LogP contribution in [0.1, 0.15) is 45.1 Å². The second-order valence-electron chi connectivity index (χ2n) is 6.96. The summed E-state index contributed by atoms with van der Waals surface area (Å²) in [6, 6.07) is 0. The molecular formula is C16H25ClN4. The molecule has 2 aromatic heterocycles. The molecule has 0 N–H and O–H groups in total. The zero-order chi connectivity index (χ0) is 15.2. The van der Waals surface area contributed by atoms with Crippen LogP contribution in [0.25, 0.3) is 11.2 Å². The first-order chi connectivity index (χ1) is 9.97. The third-order valence-corrected chi connectivity index (χ3v) is 4.98. The Bertz CT molecular complexity index is 653. The maximum Gasteiger partial charge on any atom is 0.158 e. The zero-order valence-corrected chi connectivity index (χ0v) is 14.2. The Hall–Kier alpha value is -1.03. The molecule has 0 aliphatic heterocycles. The zero-order valence-electron chi connectivity index (χ0n) is 13.5. The van der Waals surface area contributed by atoms with E-state index in [0.717, 1.165) is 48.8 Å². The SMILES string of the molecule is CCCc1nn(C)c2c1nc(CCCl)n2CC1CC1(C)C. The van der Waals surface area contributed by atoms with Crippen molar-refractivity contribution in [2.45, 2.75) is 53.0 Å². The average Bonchev–Trinajstić information content (AvgIpc) is 2.75. The summed E-state index contributed by atoms with van der Waals surface area (Å²) in [4.78, 5) is 4.87. The maximum atomic E-state index is 5.98. The molecule has 0 spiro atoms. The van der Waals surface area contributed by atoms with Crippen LogP contribution < -0.4 is 0 Å². The van der Waals surface area contributed by atoms with Gasteiger partial charge >= 0.3 is 0 Å². The summed E-state index contributed by atoms with van der Waals surface area (Å²) in [5, 5.41) is 4.67. The van der Waals surface area contributed by atoms with Crippen molar-refractivity contribution in [3.63, 3.8) is 0 Å². The molecule has 1 unspecified atom stereocenters. The number of aromatic nitrogens is 4. The van der Waals surface area contributed by atoms with Gasteiger partial charge in [-0.3, -0.25) is 4.68 Å². The number of fused-ring (bicyclic) bond motifs is 1. The van der Waals surface area contributed by atoms with Gasteiger partial charge in [0.25, 0.3) is 0 Å². The van der Waals surface area contributed by atoms with E-state index in [1.807, 2.05) is 11.7 Å². The van der Waals surface area contributed by atoms with Crippen molar-refractivity contribution < 1.29 is 0 Å². The summed E-state index contributed by atoms with van der Waals surface area (Å²) in [7, 11) is 2.03. The standard InChI is InChI=1S/C16H25ClN4/c1-5-6-12-14-15(20(4)19-12)21(13(18-14)7-8-17)10-11-9-16(11,2)3/h11H,5-10H2,1-4H3. The van der Waals surface area contributed by atoms with E-state index in [9.17, 15) is 0 Å². The summed E-state index contributed by atoms with van der Waals surface area (Å²) >= 11 is 5.98. The summed E-state index contributed by atoms with van der Waals surface area (Å²) in [5.41, 5.74) is 3.85. The predicted molar refractivity (Wildman–Crippen MR) is 86.8 cm³/mol. The Morgan fingerprint density at radius 1 is 1.33 bits per heavy atom. The number of hydrogen-bond acceptors (Lipinski definition) is 2. The van der Waals surface area contributed by atoms with E-state index in [1.54, 1.807) is 0 Å². The van der Waals surface area contributed by atoms with Crippen LogP contribution >= 0.6 is 11.6 Å². The first-order valence-corrected chi connectivity index (χ1v) is 8.48. The van der Waals surface area contributed by atoms with Gasteiger partial charge in [0.15, 0.2) is 5.65 Å². The summed E-state index contributed by atoms with van der Waals surface area (Å²) in [6.07, 6.45) is 4.21. The number of nitrogens with zero attached hydrogens (tertiary/aromatic N) is 4. The van der Waals surface area contributed by atoms with E-state index >= 15 is 0 Å². The highest BCUT2D eigenvalue weighted by Crippen LogP contribution is 2.52. The van der Waals surface area contributed by atoms with E-state index in [0.29, 0.717) is 11.3 Å². The lowest BCUT2D eigenvalue weighted by atomic mass is 10.1. The van der Waals surface area contributed by atoms with E-state index in [2.05, 4.69) is 30.4 Å². The molecule has 1 saturated carbocycles. The number of halogens is 1. The van der Waals surface area contributed by atoms with Crippen LogP contribution in [-0.2, 0) is 26.4 Å². The van der Waals surface area contributed by atoms with Crippen molar-refractivity contribution in [1.29, 1.82) is 0 Å². The maximum absolute atomic E-state index is 5.98. The van der Waals surface area contributed by atoms with E-state index in [-0.39, 0.29) is 0 Å². The highest BCUT2D eigenvalue weighted by atomic mass is 35.5. The molecule has 0 saturated heterocycles. The minimum atomic E-state index is 0.472. The molecule has 1 aliphatic rings. The second-order valence-corrected chi connectivity index (χ2v) is 7.34. The Kier molecular flexibility index (Phi) is 3.76. The molecule has 0 radical (unpaired) electrons. The molecule has 21 heavy (non-hydrogen) atoms. The van der Waals surface area contributed by atoms with Crippen molar-refractivity contribution in [3.8, 4) is 0 Å².